The van der Waals surface area contributed by atoms with E-state index in [0.717, 1.165) is 0 Å². The normalized spacial score (nSPS) is 11.2. The second-order valence-electron chi connectivity index (χ2n) is 5.07. The van der Waals surface area contributed by atoms with Gasteiger partial charge in [-0.2, -0.15) is 0 Å². The lowest BCUT2D eigenvalue weighted by Gasteiger charge is -2.19. The van der Waals surface area contributed by atoms with Crippen molar-refractivity contribution in [2.75, 3.05) is 25.2 Å². The number of anilines is 1. The number of carbonyl (C=O) groups is 1. The minimum Gasteiger partial charge on any atom is -0.459 e. The number of ether oxygens (including phenoxy) is 2. The number of hydrogen-bond donors (Lipinski definition) is 1. The van der Waals surface area contributed by atoms with Crippen LogP contribution in [0.2, 0.25) is 0 Å². The maximum Gasteiger partial charge on any atom is 0.316 e. The SMILES string of the molecule is CNc1cc(SCC(=O)OC(C)(C)C)nc(COC)n1. The summed E-state index contributed by atoms with van der Waals surface area (Å²) in [5.41, 5.74) is -0.472. The number of aromatic nitrogens is 2. The molecule has 1 heterocycles. The van der Waals surface area contributed by atoms with Gasteiger partial charge in [0.2, 0.25) is 0 Å². The highest BCUT2D eigenvalue weighted by molar-refractivity contribution is 7.99. The second kappa shape index (κ2) is 7.44. The fraction of sp³-hybridized carbons (Fsp3) is 0.615. The van der Waals surface area contributed by atoms with Gasteiger partial charge in [0, 0.05) is 20.2 Å². The minimum atomic E-state index is -0.472. The van der Waals surface area contributed by atoms with E-state index in [4.69, 9.17) is 9.47 Å². The first-order valence-electron chi connectivity index (χ1n) is 6.23. The number of rotatable bonds is 6. The molecule has 0 amide bonds. The number of nitrogens with one attached hydrogen (secondary N) is 1. The van der Waals surface area contributed by atoms with Gasteiger partial charge < -0.3 is 14.8 Å². The summed E-state index contributed by atoms with van der Waals surface area (Å²) in [6, 6.07) is 1.79. The summed E-state index contributed by atoms with van der Waals surface area (Å²) < 4.78 is 10.3. The molecule has 0 spiro atoms. The quantitative estimate of drug-likeness (QED) is 0.490. The molecule has 0 radical (unpaired) electrons. The van der Waals surface area contributed by atoms with Crippen LogP contribution < -0.4 is 5.32 Å². The van der Waals surface area contributed by atoms with Crippen molar-refractivity contribution in [3.63, 3.8) is 0 Å². The molecule has 6 nitrogen and oxygen atoms in total. The fourth-order valence-corrected chi connectivity index (χ4v) is 2.06. The zero-order chi connectivity index (χ0) is 15.2. The summed E-state index contributed by atoms with van der Waals surface area (Å²) in [5.74, 6) is 1.22. The highest BCUT2D eigenvalue weighted by Crippen LogP contribution is 2.20. The number of carbonyl (C=O) groups excluding carboxylic acids is 1. The second-order valence-corrected chi connectivity index (χ2v) is 6.06. The van der Waals surface area contributed by atoms with Crippen LogP contribution >= 0.6 is 11.8 Å². The molecule has 0 bridgehead atoms. The predicted molar refractivity (Wildman–Crippen MR) is 78.9 cm³/mol. The molecule has 20 heavy (non-hydrogen) atoms. The van der Waals surface area contributed by atoms with Gasteiger partial charge in [0.1, 0.15) is 23.1 Å². The Morgan fingerprint density at radius 3 is 2.65 bits per heavy atom. The van der Waals surface area contributed by atoms with Gasteiger partial charge in [-0.25, -0.2) is 9.97 Å². The molecule has 1 aromatic rings. The summed E-state index contributed by atoms with van der Waals surface area (Å²) in [5, 5.41) is 3.67. The highest BCUT2D eigenvalue weighted by Gasteiger charge is 2.16. The van der Waals surface area contributed by atoms with Crippen LogP contribution in [-0.2, 0) is 20.9 Å². The van der Waals surface area contributed by atoms with E-state index in [1.807, 2.05) is 20.8 Å². The third kappa shape index (κ3) is 6.21. The van der Waals surface area contributed by atoms with E-state index in [9.17, 15) is 4.79 Å². The Hall–Kier alpha value is -1.34. The van der Waals surface area contributed by atoms with E-state index >= 15 is 0 Å². The largest absolute Gasteiger partial charge is 0.459 e. The van der Waals surface area contributed by atoms with E-state index < -0.39 is 5.60 Å². The lowest BCUT2D eigenvalue weighted by molar-refractivity contribution is -0.151. The Morgan fingerprint density at radius 2 is 2.10 bits per heavy atom. The van der Waals surface area contributed by atoms with Gasteiger partial charge in [0.15, 0.2) is 5.82 Å². The van der Waals surface area contributed by atoms with Crippen molar-refractivity contribution in [2.24, 2.45) is 0 Å². The van der Waals surface area contributed by atoms with Crippen LogP contribution in [0.4, 0.5) is 5.82 Å². The number of nitrogens with zero attached hydrogens (tertiary/aromatic N) is 2. The van der Waals surface area contributed by atoms with E-state index in [1.54, 1.807) is 20.2 Å². The monoisotopic (exact) mass is 299 g/mol. The first-order chi connectivity index (χ1) is 9.34. The molecule has 0 aliphatic rings. The van der Waals surface area contributed by atoms with Crippen molar-refractivity contribution < 1.29 is 14.3 Å². The van der Waals surface area contributed by atoms with Crippen LogP contribution in [0.25, 0.3) is 0 Å². The molecule has 0 atom stereocenters. The maximum atomic E-state index is 11.7. The summed E-state index contributed by atoms with van der Waals surface area (Å²) in [7, 11) is 3.37. The lowest BCUT2D eigenvalue weighted by atomic mass is 10.2. The number of methoxy groups -OCH3 is 1. The van der Waals surface area contributed by atoms with E-state index in [-0.39, 0.29) is 11.7 Å². The first kappa shape index (κ1) is 16.7. The molecule has 0 unspecified atom stereocenters. The van der Waals surface area contributed by atoms with Crippen molar-refractivity contribution in [1.82, 2.24) is 9.97 Å². The Kier molecular flexibility index (Phi) is 6.22. The average molecular weight is 299 g/mol. The molecule has 1 rings (SSSR count). The fourth-order valence-electron chi connectivity index (χ4n) is 1.37. The van der Waals surface area contributed by atoms with Crippen LogP contribution in [0.3, 0.4) is 0 Å². The van der Waals surface area contributed by atoms with Gasteiger partial charge in [0.25, 0.3) is 0 Å². The average Bonchev–Trinajstić information content (AvgIpc) is 2.34. The Labute approximate surface area is 123 Å². The van der Waals surface area contributed by atoms with Crippen molar-refractivity contribution in [3.8, 4) is 0 Å². The standard InChI is InChI=1S/C13H21N3O3S/c1-13(2,3)19-12(17)8-20-11-6-9(14-4)15-10(16-11)7-18-5/h6H,7-8H2,1-5H3,(H,14,15,16). The molecule has 1 aromatic heterocycles. The van der Waals surface area contributed by atoms with Gasteiger partial charge in [-0.3, -0.25) is 4.79 Å². The summed E-state index contributed by atoms with van der Waals surface area (Å²) in [6.07, 6.45) is 0. The van der Waals surface area contributed by atoms with E-state index in [1.165, 1.54) is 11.8 Å². The van der Waals surface area contributed by atoms with Crippen molar-refractivity contribution in [2.45, 2.75) is 38.0 Å². The highest BCUT2D eigenvalue weighted by atomic mass is 32.2. The molecule has 1 N–H and O–H groups in total. The van der Waals surface area contributed by atoms with Gasteiger partial charge in [-0.05, 0) is 20.8 Å². The molecule has 112 valence electrons. The third-order valence-electron chi connectivity index (χ3n) is 2.04. The maximum absolute atomic E-state index is 11.7. The number of hydrogen-bond acceptors (Lipinski definition) is 7. The Balaban J connectivity index is 2.67. The molecule has 0 aromatic carbocycles. The lowest BCUT2D eigenvalue weighted by Crippen LogP contribution is -2.24. The minimum absolute atomic E-state index is 0.212. The smallest absolute Gasteiger partial charge is 0.316 e. The summed E-state index contributed by atoms with van der Waals surface area (Å²) in [4.78, 5) is 20.2. The molecule has 0 fully saturated rings. The molecule has 7 heteroatoms. The summed E-state index contributed by atoms with van der Waals surface area (Å²) in [6.45, 7) is 5.86. The Morgan fingerprint density at radius 1 is 1.40 bits per heavy atom. The third-order valence-corrected chi connectivity index (χ3v) is 2.92. The first-order valence-corrected chi connectivity index (χ1v) is 7.22. The van der Waals surface area contributed by atoms with Crippen LogP contribution in [0.5, 0.6) is 0 Å². The van der Waals surface area contributed by atoms with E-state index in [2.05, 4.69) is 15.3 Å². The van der Waals surface area contributed by atoms with Crippen molar-refractivity contribution >= 4 is 23.5 Å². The van der Waals surface area contributed by atoms with Crippen LogP contribution in [0.15, 0.2) is 11.1 Å². The van der Waals surface area contributed by atoms with Crippen LogP contribution in [-0.4, -0.2) is 41.4 Å². The Bertz CT molecular complexity index is 461. The topological polar surface area (TPSA) is 73.3 Å². The van der Waals surface area contributed by atoms with Gasteiger partial charge in [-0.15, -0.1) is 0 Å². The number of thioether (sulfide) groups is 1. The van der Waals surface area contributed by atoms with Crippen molar-refractivity contribution in [3.05, 3.63) is 11.9 Å². The van der Waals surface area contributed by atoms with Gasteiger partial charge in [-0.1, -0.05) is 11.8 Å². The zero-order valence-electron chi connectivity index (χ0n) is 12.5. The van der Waals surface area contributed by atoms with Gasteiger partial charge in [0.05, 0.1) is 5.75 Å². The molecular formula is C13H21N3O3S. The van der Waals surface area contributed by atoms with Gasteiger partial charge >= 0.3 is 5.97 Å². The molecule has 0 aliphatic carbocycles. The molecule has 0 saturated heterocycles. The van der Waals surface area contributed by atoms with Crippen LogP contribution in [0, 0.1) is 0 Å². The molecular weight excluding hydrogens is 278 g/mol. The zero-order valence-corrected chi connectivity index (χ0v) is 13.3. The van der Waals surface area contributed by atoms with E-state index in [0.29, 0.717) is 23.3 Å². The molecule has 0 saturated carbocycles. The summed E-state index contributed by atoms with van der Waals surface area (Å²) >= 11 is 1.32. The van der Waals surface area contributed by atoms with Crippen LogP contribution in [0.1, 0.15) is 26.6 Å². The predicted octanol–water partition coefficient (Wildman–Crippen LogP) is 2.10. The number of esters is 1. The molecule has 0 aliphatic heterocycles. The van der Waals surface area contributed by atoms with Crippen molar-refractivity contribution in [1.29, 1.82) is 0 Å².